The van der Waals surface area contributed by atoms with Gasteiger partial charge in [-0.2, -0.15) is 0 Å². The van der Waals surface area contributed by atoms with Crippen LogP contribution in [0.1, 0.15) is 32.8 Å². The molecule has 2 saturated heterocycles. The normalized spacial score (nSPS) is 24.0. The summed E-state index contributed by atoms with van der Waals surface area (Å²) in [4.78, 5) is 25.9. The summed E-state index contributed by atoms with van der Waals surface area (Å²) in [7, 11) is 0. The van der Waals surface area contributed by atoms with Gasteiger partial charge in [-0.3, -0.25) is 4.90 Å². The standard InChI is InChI=1S/C19H26N2O5/c1-19(2,3)26-18(23)21-11-15-16(25-15)14(21)9-10-20-17(22)24-12-13-7-5-4-6-8-13/h4-8,14-16H,9-12H2,1-3H3,(H,20,22)/t14-,15+,16-/m1/s1. The van der Waals surface area contributed by atoms with E-state index in [-0.39, 0.29) is 30.9 Å². The predicted molar refractivity (Wildman–Crippen MR) is 94.6 cm³/mol. The Morgan fingerprint density at radius 2 is 2.00 bits per heavy atom. The van der Waals surface area contributed by atoms with Gasteiger partial charge in [-0.1, -0.05) is 30.3 Å². The van der Waals surface area contributed by atoms with E-state index < -0.39 is 11.7 Å². The lowest BCUT2D eigenvalue weighted by Gasteiger charge is -2.30. The molecule has 0 unspecified atom stereocenters. The summed E-state index contributed by atoms with van der Waals surface area (Å²) >= 11 is 0. The number of amides is 2. The van der Waals surface area contributed by atoms with Crippen molar-refractivity contribution in [3.63, 3.8) is 0 Å². The van der Waals surface area contributed by atoms with Gasteiger partial charge in [0.25, 0.3) is 0 Å². The van der Waals surface area contributed by atoms with E-state index in [1.807, 2.05) is 51.1 Å². The lowest BCUT2D eigenvalue weighted by atomic mass is 10.1. The molecule has 7 heteroatoms. The number of fused-ring (bicyclic) bond motifs is 1. The molecular formula is C19H26N2O5. The molecule has 3 rings (SSSR count). The molecule has 0 saturated carbocycles. The van der Waals surface area contributed by atoms with Crippen molar-refractivity contribution in [3.8, 4) is 0 Å². The van der Waals surface area contributed by atoms with Crippen molar-refractivity contribution in [2.75, 3.05) is 13.1 Å². The van der Waals surface area contributed by atoms with Crippen molar-refractivity contribution < 1.29 is 23.8 Å². The maximum absolute atomic E-state index is 12.3. The fourth-order valence-electron chi connectivity index (χ4n) is 3.10. The first-order chi connectivity index (χ1) is 12.3. The Morgan fingerprint density at radius 1 is 1.27 bits per heavy atom. The van der Waals surface area contributed by atoms with Gasteiger partial charge in [-0.25, -0.2) is 9.59 Å². The van der Waals surface area contributed by atoms with Gasteiger partial charge < -0.3 is 19.5 Å². The van der Waals surface area contributed by atoms with E-state index in [0.717, 1.165) is 5.56 Å². The maximum atomic E-state index is 12.3. The van der Waals surface area contributed by atoms with Crippen molar-refractivity contribution in [1.29, 1.82) is 0 Å². The molecule has 1 aromatic carbocycles. The number of morpholine rings is 1. The smallest absolute Gasteiger partial charge is 0.410 e. The molecule has 1 N–H and O–H groups in total. The van der Waals surface area contributed by atoms with E-state index in [0.29, 0.717) is 19.5 Å². The SMILES string of the molecule is CC(C)(C)OC(=O)N1C[C@@H]2O[C@@H]2[C@H]1CCNC(=O)OCc1ccccc1. The van der Waals surface area contributed by atoms with E-state index in [1.54, 1.807) is 4.90 Å². The Labute approximate surface area is 153 Å². The highest BCUT2D eigenvalue weighted by Crippen LogP contribution is 2.38. The zero-order valence-electron chi connectivity index (χ0n) is 15.4. The van der Waals surface area contributed by atoms with Crippen LogP contribution in [0.15, 0.2) is 30.3 Å². The summed E-state index contributed by atoms with van der Waals surface area (Å²) in [6.45, 7) is 6.72. The molecule has 2 fully saturated rings. The monoisotopic (exact) mass is 362 g/mol. The first kappa shape index (κ1) is 18.5. The van der Waals surface area contributed by atoms with Crippen LogP contribution < -0.4 is 5.32 Å². The van der Waals surface area contributed by atoms with Crippen LogP contribution in [0.4, 0.5) is 9.59 Å². The number of hydrogen-bond donors (Lipinski definition) is 1. The molecule has 7 nitrogen and oxygen atoms in total. The van der Waals surface area contributed by atoms with E-state index in [2.05, 4.69) is 5.32 Å². The van der Waals surface area contributed by atoms with Gasteiger partial charge in [0.2, 0.25) is 0 Å². The molecule has 0 radical (unpaired) electrons. The Bertz CT molecular complexity index is 643. The van der Waals surface area contributed by atoms with Gasteiger partial charge in [0.05, 0.1) is 12.6 Å². The van der Waals surface area contributed by atoms with Crippen LogP contribution in [0.25, 0.3) is 0 Å². The zero-order valence-corrected chi connectivity index (χ0v) is 15.4. The molecule has 2 amide bonds. The Hall–Kier alpha value is -2.28. The summed E-state index contributed by atoms with van der Waals surface area (Å²) in [5.41, 5.74) is 0.401. The van der Waals surface area contributed by atoms with Gasteiger partial charge in [0.1, 0.15) is 24.4 Å². The number of nitrogens with zero attached hydrogens (tertiary/aromatic N) is 1. The zero-order chi connectivity index (χ0) is 18.7. The van der Waals surface area contributed by atoms with Gasteiger partial charge >= 0.3 is 12.2 Å². The molecule has 0 aliphatic carbocycles. The average molecular weight is 362 g/mol. The van der Waals surface area contributed by atoms with Crippen LogP contribution in [0.5, 0.6) is 0 Å². The minimum absolute atomic E-state index is 0.0460. The number of hydrogen-bond acceptors (Lipinski definition) is 5. The summed E-state index contributed by atoms with van der Waals surface area (Å²) < 4.78 is 16.2. The second-order valence-electron chi connectivity index (χ2n) is 7.62. The number of epoxide rings is 1. The van der Waals surface area contributed by atoms with Crippen molar-refractivity contribution in [2.24, 2.45) is 0 Å². The molecule has 2 aliphatic rings. The average Bonchev–Trinajstić information content (AvgIpc) is 3.26. The number of carbonyl (C=O) groups is 2. The van der Waals surface area contributed by atoms with E-state index in [9.17, 15) is 9.59 Å². The molecular weight excluding hydrogens is 336 g/mol. The van der Waals surface area contributed by atoms with Gasteiger partial charge in [-0.15, -0.1) is 0 Å². The van der Waals surface area contributed by atoms with Crippen LogP contribution in [-0.2, 0) is 20.8 Å². The van der Waals surface area contributed by atoms with Crippen LogP contribution in [-0.4, -0.2) is 54.0 Å². The molecule has 26 heavy (non-hydrogen) atoms. The minimum atomic E-state index is -0.533. The van der Waals surface area contributed by atoms with Crippen molar-refractivity contribution in [3.05, 3.63) is 35.9 Å². The van der Waals surface area contributed by atoms with Crippen molar-refractivity contribution >= 4 is 12.2 Å². The quantitative estimate of drug-likeness (QED) is 0.815. The second-order valence-corrected chi connectivity index (χ2v) is 7.62. The first-order valence-electron chi connectivity index (χ1n) is 8.93. The topological polar surface area (TPSA) is 80.4 Å². The van der Waals surface area contributed by atoms with Crippen LogP contribution in [0.3, 0.4) is 0 Å². The highest BCUT2D eigenvalue weighted by atomic mass is 16.6. The molecule has 0 bridgehead atoms. The molecule has 142 valence electrons. The molecule has 2 heterocycles. The van der Waals surface area contributed by atoms with Crippen molar-refractivity contribution in [1.82, 2.24) is 10.2 Å². The lowest BCUT2D eigenvalue weighted by molar-refractivity contribution is 0.0115. The third-order valence-corrected chi connectivity index (χ3v) is 4.33. The minimum Gasteiger partial charge on any atom is -0.445 e. The molecule has 1 aromatic rings. The summed E-state index contributed by atoms with van der Waals surface area (Å²) in [5, 5.41) is 2.73. The highest BCUT2D eigenvalue weighted by molar-refractivity contribution is 5.70. The number of nitrogens with one attached hydrogen (secondary N) is 1. The second kappa shape index (κ2) is 7.53. The number of likely N-dealkylation sites (tertiary alicyclic amines) is 1. The Morgan fingerprint density at radius 3 is 2.69 bits per heavy atom. The Kier molecular flexibility index (Phi) is 5.36. The van der Waals surface area contributed by atoms with E-state index in [1.165, 1.54) is 0 Å². The highest BCUT2D eigenvalue weighted by Gasteiger charge is 2.56. The Balaban J connectivity index is 1.41. The molecule has 3 atom stereocenters. The van der Waals surface area contributed by atoms with Crippen LogP contribution >= 0.6 is 0 Å². The number of ether oxygens (including phenoxy) is 3. The number of alkyl carbamates (subject to hydrolysis) is 1. The van der Waals surface area contributed by atoms with Crippen LogP contribution in [0, 0.1) is 0 Å². The number of rotatable bonds is 5. The van der Waals surface area contributed by atoms with Crippen LogP contribution in [0.2, 0.25) is 0 Å². The third kappa shape index (κ3) is 4.88. The summed E-state index contributed by atoms with van der Waals surface area (Å²) in [6.07, 6.45) is -0.0583. The maximum Gasteiger partial charge on any atom is 0.410 e. The number of benzene rings is 1. The fourth-order valence-corrected chi connectivity index (χ4v) is 3.10. The fraction of sp³-hybridized carbons (Fsp3) is 0.579. The predicted octanol–water partition coefficient (Wildman–Crippen LogP) is 2.69. The number of carbonyl (C=O) groups excluding carboxylic acids is 2. The van der Waals surface area contributed by atoms with E-state index >= 15 is 0 Å². The van der Waals surface area contributed by atoms with Gasteiger partial charge in [0.15, 0.2) is 0 Å². The molecule has 0 spiro atoms. The lowest BCUT2D eigenvalue weighted by Crippen LogP contribution is -2.44. The van der Waals surface area contributed by atoms with Gasteiger partial charge in [0, 0.05) is 6.54 Å². The van der Waals surface area contributed by atoms with E-state index in [4.69, 9.17) is 14.2 Å². The largest absolute Gasteiger partial charge is 0.445 e. The summed E-state index contributed by atoms with van der Waals surface area (Å²) in [6, 6.07) is 9.42. The first-order valence-corrected chi connectivity index (χ1v) is 8.93. The summed E-state index contributed by atoms with van der Waals surface area (Å²) in [5.74, 6) is 0. The van der Waals surface area contributed by atoms with Crippen molar-refractivity contribution in [2.45, 2.75) is 57.6 Å². The third-order valence-electron chi connectivity index (χ3n) is 4.33. The van der Waals surface area contributed by atoms with Gasteiger partial charge in [-0.05, 0) is 32.8 Å². The molecule has 0 aromatic heterocycles. The molecule has 2 aliphatic heterocycles.